The number of rotatable bonds is 6. The van der Waals surface area contributed by atoms with Gasteiger partial charge in [-0.2, -0.15) is 0 Å². The van der Waals surface area contributed by atoms with E-state index in [1.807, 2.05) is 0 Å². The van der Waals surface area contributed by atoms with Crippen molar-refractivity contribution in [2.24, 2.45) is 0 Å². The van der Waals surface area contributed by atoms with E-state index in [0.717, 1.165) is 0 Å². The summed E-state index contributed by atoms with van der Waals surface area (Å²) < 4.78 is 4.18. The second-order valence-electron chi connectivity index (χ2n) is 8.25. The third kappa shape index (κ3) is 4.40. The number of hydrogen-bond acceptors (Lipinski definition) is 1. The molecular weight excluding hydrogens is 448 g/mol. The predicted octanol–water partition coefficient (Wildman–Crippen LogP) is 4.70. The van der Waals surface area contributed by atoms with E-state index in [1.54, 1.807) is 3.58 Å². The predicted molar refractivity (Wildman–Crippen MR) is 122 cm³/mol. The van der Waals surface area contributed by atoms with Crippen LogP contribution < -0.4 is 14.2 Å². The van der Waals surface area contributed by atoms with Crippen LogP contribution in [-0.2, 0) is 11.8 Å². The molecule has 25 heavy (non-hydrogen) atoms. The first kappa shape index (κ1) is 21.2. The van der Waals surface area contributed by atoms with Crippen LogP contribution >= 0.6 is 6.19 Å². The Morgan fingerprint density at radius 1 is 0.800 bits per heavy atom. The molecule has 1 unspecified atom stereocenters. The van der Waals surface area contributed by atoms with Gasteiger partial charge < -0.3 is 0 Å². The van der Waals surface area contributed by atoms with Crippen LogP contribution in [-0.4, -0.2) is 35.1 Å². The standard InChI is InChI=1S/C18H23NPS.3CH3.Sn/c1-15(2)19(16(3)4)20(21,17-11-7-5-8-12-17)18-13-9-6-10-14-18;;;;/h5-13,15-16H,1-4H3;3*1H3;. The minimum atomic E-state index is -2.30. The molecule has 0 saturated heterocycles. The molecule has 136 valence electrons. The molecular formula is C21H32NPSSn. The van der Waals surface area contributed by atoms with Crippen LogP contribution in [0.25, 0.3) is 0 Å². The summed E-state index contributed by atoms with van der Waals surface area (Å²) in [7, 11) is 0. The second kappa shape index (κ2) is 8.25. The molecule has 2 aromatic rings. The van der Waals surface area contributed by atoms with Crippen molar-refractivity contribution >= 4 is 50.6 Å². The molecule has 0 saturated carbocycles. The first-order valence-electron chi connectivity index (χ1n) is 9.14. The Morgan fingerprint density at radius 2 is 1.28 bits per heavy atom. The van der Waals surface area contributed by atoms with Crippen molar-refractivity contribution in [3.63, 3.8) is 0 Å². The van der Waals surface area contributed by atoms with Crippen LogP contribution in [0, 0.1) is 0 Å². The van der Waals surface area contributed by atoms with Crippen molar-refractivity contribution in [2.45, 2.75) is 54.6 Å². The molecule has 0 bridgehead atoms. The Bertz CT molecular complexity index is 742. The summed E-state index contributed by atoms with van der Waals surface area (Å²) in [6.45, 7) is 9.14. The average Bonchev–Trinajstić information content (AvgIpc) is 2.54. The molecule has 4 heteroatoms. The Morgan fingerprint density at radius 3 is 1.76 bits per heavy atom. The monoisotopic (exact) mass is 481 g/mol. The SMILES string of the molecule is CC(C)N(C(C)C)P(=S)(c1ccccc1)c1cccc[c]1[Sn]([CH3])([CH3])[CH3]. The van der Waals surface area contributed by atoms with Crippen molar-refractivity contribution in [3.05, 3.63) is 54.6 Å². The number of nitrogens with zero attached hydrogens (tertiary/aromatic N) is 1. The van der Waals surface area contributed by atoms with Crippen molar-refractivity contribution in [1.82, 2.24) is 4.67 Å². The molecule has 0 aliphatic rings. The van der Waals surface area contributed by atoms with E-state index in [-0.39, 0.29) is 0 Å². The number of benzene rings is 2. The van der Waals surface area contributed by atoms with Crippen molar-refractivity contribution < 1.29 is 0 Å². The van der Waals surface area contributed by atoms with E-state index in [1.165, 1.54) is 10.6 Å². The van der Waals surface area contributed by atoms with Gasteiger partial charge in [-0.1, -0.05) is 0 Å². The Hall–Kier alpha value is -0.151. The van der Waals surface area contributed by atoms with Crippen molar-refractivity contribution in [1.29, 1.82) is 0 Å². The third-order valence-electron chi connectivity index (χ3n) is 4.53. The Kier molecular flexibility index (Phi) is 6.98. The molecule has 0 amide bonds. The van der Waals surface area contributed by atoms with Crippen LogP contribution in [0.5, 0.6) is 0 Å². The molecule has 0 heterocycles. The van der Waals surface area contributed by atoms with Gasteiger partial charge in [0.05, 0.1) is 0 Å². The first-order valence-corrected chi connectivity index (χ1v) is 21.9. The summed E-state index contributed by atoms with van der Waals surface area (Å²) in [5.41, 5.74) is 0. The summed E-state index contributed by atoms with van der Waals surface area (Å²) in [5, 5.41) is 2.75. The zero-order chi connectivity index (χ0) is 18.8. The zero-order valence-corrected chi connectivity index (χ0v) is 21.2. The van der Waals surface area contributed by atoms with Gasteiger partial charge in [0.1, 0.15) is 0 Å². The van der Waals surface area contributed by atoms with Gasteiger partial charge in [-0.25, -0.2) is 0 Å². The fraction of sp³-hybridized carbons (Fsp3) is 0.429. The molecule has 0 radical (unpaired) electrons. The Labute approximate surface area is 163 Å². The van der Waals surface area contributed by atoms with Gasteiger partial charge in [0.2, 0.25) is 0 Å². The zero-order valence-electron chi connectivity index (χ0n) is 16.7. The van der Waals surface area contributed by atoms with Gasteiger partial charge >= 0.3 is 164 Å². The fourth-order valence-corrected chi connectivity index (χ4v) is 17.4. The summed E-state index contributed by atoms with van der Waals surface area (Å²) in [6, 6.07) is 20.7. The molecule has 1 atom stereocenters. The third-order valence-corrected chi connectivity index (χ3v) is 16.4. The van der Waals surface area contributed by atoms with Crippen molar-refractivity contribution in [3.8, 4) is 0 Å². The van der Waals surface area contributed by atoms with E-state index in [9.17, 15) is 0 Å². The van der Waals surface area contributed by atoms with Crippen molar-refractivity contribution in [2.75, 3.05) is 0 Å². The van der Waals surface area contributed by atoms with Crippen LogP contribution in [0.1, 0.15) is 27.7 Å². The molecule has 2 aromatic carbocycles. The van der Waals surface area contributed by atoms with Gasteiger partial charge in [-0.05, 0) is 0 Å². The van der Waals surface area contributed by atoms with Gasteiger partial charge in [-0.15, -0.1) is 0 Å². The molecule has 0 fully saturated rings. The maximum absolute atomic E-state index is 6.64. The van der Waals surface area contributed by atoms with E-state index in [4.69, 9.17) is 11.8 Å². The normalized spacial score (nSPS) is 15.0. The molecule has 0 spiro atoms. The van der Waals surface area contributed by atoms with E-state index < -0.39 is 24.6 Å². The molecule has 0 aromatic heterocycles. The molecule has 0 aliphatic heterocycles. The molecule has 0 N–H and O–H groups in total. The molecule has 1 nitrogen and oxygen atoms in total. The summed E-state index contributed by atoms with van der Waals surface area (Å²) >= 11 is 4.33. The average molecular weight is 480 g/mol. The summed E-state index contributed by atoms with van der Waals surface area (Å²) in [5.74, 6) is 0. The van der Waals surface area contributed by atoms with E-state index in [2.05, 4.69) is 102 Å². The van der Waals surface area contributed by atoms with Gasteiger partial charge in [0.15, 0.2) is 0 Å². The van der Waals surface area contributed by atoms with Crippen LogP contribution in [0.2, 0.25) is 14.8 Å². The van der Waals surface area contributed by atoms with E-state index in [0.29, 0.717) is 12.1 Å². The van der Waals surface area contributed by atoms with E-state index >= 15 is 0 Å². The van der Waals surface area contributed by atoms with Gasteiger partial charge in [-0.3, -0.25) is 0 Å². The minimum absolute atomic E-state index is 0.411. The molecule has 0 aliphatic carbocycles. The fourth-order valence-electron chi connectivity index (χ4n) is 3.65. The second-order valence-corrected chi connectivity index (χ2v) is 26.8. The summed E-state index contributed by atoms with van der Waals surface area (Å²) in [4.78, 5) is 7.48. The quantitative estimate of drug-likeness (QED) is 0.436. The van der Waals surface area contributed by atoms with Gasteiger partial charge in [0, 0.05) is 0 Å². The number of hydrogen-bond donors (Lipinski definition) is 0. The van der Waals surface area contributed by atoms with Crippen LogP contribution in [0.15, 0.2) is 54.6 Å². The molecule has 2 rings (SSSR count). The topological polar surface area (TPSA) is 3.24 Å². The van der Waals surface area contributed by atoms with Gasteiger partial charge in [0.25, 0.3) is 0 Å². The first-order chi connectivity index (χ1) is 11.6. The van der Waals surface area contributed by atoms with Crippen LogP contribution in [0.4, 0.5) is 0 Å². The Balaban J connectivity index is 2.86. The maximum atomic E-state index is 6.64. The van der Waals surface area contributed by atoms with Crippen LogP contribution in [0.3, 0.4) is 0 Å². The summed E-state index contributed by atoms with van der Waals surface area (Å²) in [6.07, 6.45) is -2.06.